The molecule has 0 saturated carbocycles. The van der Waals surface area contributed by atoms with E-state index in [9.17, 15) is 5.11 Å². The molecule has 0 spiro atoms. The predicted molar refractivity (Wildman–Crippen MR) is 79.6 cm³/mol. The minimum atomic E-state index is -0.537. The van der Waals surface area contributed by atoms with Crippen LogP contribution in [-0.4, -0.2) is 42.2 Å². The zero-order valence-corrected chi connectivity index (χ0v) is 12.2. The molecule has 1 fully saturated rings. The van der Waals surface area contributed by atoms with Crippen molar-refractivity contribution in [2.45, 2.75) is 31.9 Å². The fourth-order valence-corrected chi connectivity index (χ4v) is 3.05. The van der Waals surface area contributed by atoms with Crippen molar-refractivity contribution < 1.29 is 5.11 Å². The van der Waals surface area contributed by atoms with Crippen LogP contribution in [0, 0.1) is 0 Å². The van der Waals surface area contributed by atoms with Crippen LogP contribution in [0.25, 0.3) is 0 Å². The number of halogens is 1. The van der Waals surface area contributed by atoms with E-state index >= 15 is 0 Å². The minimum absolute atomic E-state index is 0.537. The maximum Gasteiger partial charge on any atom is 0.0928 e. The predicted octanol–water partition coefficient (Wildman–Crippen LogP) is 2.45. The highest BCUT2D eigenvalue weighted by Gasteiger charge is 2.22. The lowest BCUT2D eigenvalue weighted by molar-refractivity contribution is 0.168. The molecule has 2 atom stereocenters. The van der Waals surface area contributed by atoms with Gasteiger partial charge in [0.05, 0.1) is 6.10 Å². The third-order valence-corrected chi connectivity index (χ3v) is 4.23. The van der Waals surface area contributed by atoms with Crippen molar-refractivity contribution in [3.8, 4) is 0 Å². The first-order valence-corrected chi connectivity index (χ1v) is 7.47. The molecule has 0 amide bonds. The zero-order valence-electron chi connectivity index (χ0n) is 11.5. The normalized spacial score (nSPS) is 21.7. The van der Waals surface area contributed by atoms with Gasteiger partial charge in [-0.2, -0.15) is 0 Å². The van der Waals surface area contributed by atoms with Crippen LogP contribution in [0.15, 0.2) is 24.3 Å². The molecule has 2 rings (SSSR count). The fourth-order valence-electron chi connectivity index (χ4n) is 2.78. The maximum absolute atomic E-state index is 10.1. The maximum atomic E-state index is 10.1. The molecular weight excluding hydrogens is 260 g/mol. The van der Waals surface area contributed by atoms with Crippen LogP contribution in [0.2, 0.25) is 5.02 Å². The summed E-state index contributed by atoms with van der Waals surface area (Å²) in [5.74, 6) is 0. The molecular formula is C15H23ClN2O. The van der Waals surface area contributed by atoms with E-state index in [0.29, 0.717) is 17.6 Å². The summed E-state index contributed by atoms with van der Waals surface area (Å²) in [6.07, 6.45) is 2.00. The number of aliphatic hydroxyl groups excluding tert-OH is 1. The fraction of sp³-hybridized carbons (Fsp3) is 0.600. The molecule has 0 radical (unpaired) electrons. The van der Waals surface area contributed by atoms with E-state index < -0.39 is 6.10 Å². The van der Waals surface area contributed by atoms with Gasteiger partial charge in [-0.3, -0.25) is 4.90 Å². The Morgan fingerprint density at radius 2 is 2.26 bits per heavy atom. The van der Waals surface area contributed by atoms with Crippen molar-refractivity contribution in [1.29, 1.82) is 0 Å². The van der Waals surface area contributed by atoms with Crippen molar-refractivity contribution in [2.75, 3.05) is 26.2 Å². The molecule has 1 aliphatic heterocycles. The summed E-state index contributed by atoms with van der Waals surface area (Å²) in [4.78, 5) is 2.49. The SMILES string of the molecule is CCN1CCCC1CNCC(O)c1ccccc1Cl. The van der Waals surface area contributed by atoms with Gasteiger partial charge in [0.15, 0.2) is 0 Å². The Hall–Kier alpha value is -0.610. The number of nitrogens with one attached hydrogen (secondary N) is 1. The van der Waals surface area contributed by atoms with E-state index in [1.54, 1.807) is 0 Å². The Kier molecular flexibility index (Phi) is 5.64. The van der Waals surface area contributed by atoms with E-state index in [0.717, 1.165) is 18.7 Å². The van der Waals surface area contributed by atoms with Crippen LogP contribution in [0.4, 0.5) is 0 Å². The third kappa shape index (κ3) is 3.93. The largest absolute Gasteiger partial charge is 0.387 e. The second kappa shape index (κ2) is 7.25. The second-order valence-corrected chi connectivity index (χ2v) is 5.53. The molecule has 19 heavy (non-hydrogen) atoms. The average molecular weight is 283 g/mol. The van der Waals surface area contributed by atoms with E-state index in [-0.39, 0.29) is 0 Å². The number of hydrogen-bond acceptors (Lipinski definition) is 3. The smallest absolute Gasteiger partial charge is 0.0928 e. The Labute approximate surface area is 120 Å². The van der Waals surface area contributed by atoms with E-state index in [4.69, 9.17) is 11.6 Å². The van der Waals surface area contributed by atoms with Crippen LogP contribution in [0.5, 0.6) is 0 Å². The number of aliphatic hydroxyl groups is 1. The Balaban J connectivity index is 1.78. The number of likely N-dealkylation sites (N-methyl/N-ethyl adjacent to an activating group) is 1. The lowest BCUT2D eigenvalue weighted by atomic mass is 10.1. The number of hydrogen-bond donors (Lipinski definition) is 2. The molecule has 2 unspecified atom stereocenters. The lowest BCUT2D eigenvalue weighted by Crippen LogP contribution is -2.39. The molecule has 0 aromatic heterocycles. The van der Waals surface area contributed by atoms with Crippen LogP contribution < -0.4 is 5.32 Å². The van der Waals surface area contributed by atoms with Gasteiger partial charge in [0.2, 0.25) is 0 Å². The first-order valence-electron chi connectivity index (χ1n) is 7.09. The molecule has 1 aromatic carbocycles. The number of nitrogens with zero attached hydrogens (tertiary/aromatic N) is 1. The Morgan fingerprint density at radius 1 is 1.47 bits per heavy atom. The van der Waals surface area contributed by atoms with Gasteiger partial charge in [-0.15, -0.1) is 0 Å². The molecule has 3 nitrogen and oxygen atoms in total. The van der Waals surface area contributed by atoms with E-state index in [1.165, 1.54) is 19.4 Å². The summed E-state index contributed by atoms with van der Waals surface area (Å²) in [6.45, 7) is 6.01. The Bertz CT molecular complexity index is 399. The number of rotatable bonds is 6. The summed E-state index contributed by atoms with van der Waals surface area (Å²) in [5.41, 5.74) is 0.801. The number of likely N-dealkylation sites (tertiary alicyclic amines) is 1. The summed E-state index contributed by atoms with van der Waals surface area (Å²) >= 11 is 6.07. The van der Waals surface area contributed by atoms with E-state index in [2.05, 4.69) is 17.1 Å². The van der Waals surface area contributed by atoms with Gasteiger partial charge in [-0.1, -0.05) is 36.7 Å². The van der Waals surface area contributed by atoms with Gasteiger partial charge in [-0.25, -0.2) is 0 Å². The van der Waals surface area contributed by atoms with Crippen LogP contribution in [0.3, 0.4) is 0 Å². The van der Waals surface area contributed by atoms with Gasteiger partial charge in [0.25, 0.3) is 0 Å². The monoisotopic (exact) mass is 282 g/mol. The molecule has 4 heteroatoms. The van der Waals surface area contributed by atoms with Crippen molar-refractivity contribution in [1.82, 2.24) is 10.2 Å². The van der Waals surface area contributed by atoms with Crippen molar-refractivity contribution in [3.05, 3.63) is 34.9 Å². The summed E-state index contributed by atoms with van der Waals surface area (Å²) in [5, 5.41) is 14.1. The van der Waals surface area contributed by atoms with Gasteiger partial charge >= 0.3 is 0 Å². The first-order chi connectivity index (χ1) is 9.22. The molecule has 1 saturated heterocycles. The highest BCUT2D eigenvalue weighted by molar-refractivity contribution is 6.31. The first kappa shape index (κ1) is 14.8. The summed E-state index contributed by atoms with van der Waals surface area (Å²) in [7, 11) is 0. The van der Waals surface area contributed by atoms with Crippen LogP contribution >= 0.6 is 11.6 Å². The summed E-state index contributed by atoms with van der Waals surface area (Å²) in [6, 6.07) is 8.09. The molecule has 1 aliphatic rings. The van der Waals surface area contributed by atoms with Gasteiger partial charge in [0.1, 0.15) is 0 Å². The van der Waals surface area contributed by atoms with Crippen molar-refractivity contribution in [3.63, 3.8) is 0 Å². The second-order valence-electron chi connectivity index (χ2n) is 5.12. The number of benzene rings is 1. The molecule has 1 aromatic rings. The van der Waals surface area contributed by atoms with E-state index in [1.807, 2.05) is 24.3 Å². The van der Waals surface area contributed by atoms with Gasteiger partial charge in [-0.05, 0) is 32.0 Å². The molecule has 1 heterocycles. The minimum Gasteiger partial charge on any atom is -0.387 e. The highest BCUT2D eigenvalue weighted by Crippen LogP contribution is 2.22. The third-order valence-electron chi connectivity index (χ3n) is 3.89. The average Bonchev–Trinajstić information content (AvgIpc) is 2.86. The standard InChI is InChI=1S/C15H23ClN2O/c1-2-18-9-5-6-12(18)10-17-11-15(19)13-7-3-4-8-14(13)16/h3-4,7-8,12,15,17,19H,2,5-6,9-11H2,1H3. The van der Waals surface area contributed by atoms with Crippen molar-refractivity contribution in [2.24, 2.45) is 0 Å². The molecule has 0 bridgehead atoms. The van der Waals surface area contributed by atoms with Crippen LogP contribution in [-0.2, 0) is 0 Å². The Morgan fingerprint density at radius 3 is 3.00 bits per heavy atom. The van der Waals surface area contributed by atoms with Gasteiger partial charge < -0.3 is 10.4 Å². The van der Waals surface area contributed by atoms with Crippen LogP contribution in [0.1, 0.15) is 31.4 Å². The summed E-state index contributed by atoms with van der Waals surface area (Å²) < 4.78 is 0. The van der Waals surface area contributed by atoms with Gasteiger partial charge in [0, 0.05) is 29.7 Å². The topological polar surface area (TPSA) is 35.5 Å². The molecule has 0 aliphatic carbocycles. The zero-order chi connectivity index (χ0) is 13.7. The molecule has 106 valence electrons. The highest BCUT2D eigenvalue weighted by atomic mass is 35.5. The van der Waals surface area contributed by atoms with Crippen molar-refractivity contribution >= 4 is 11.6 Å². The quantitative estimate of drug-likeness (QED) is 0.841. The molecule has 2 N–H and O–H groups in total. The lowest BCUT2D eigenvalue weighted by Gasteiger charge is -2.23.